The van der Waals surface area contributed by atoms with Crippen LogP contribution in [0.3, 0.4) is 0 Å². The molecule has 0 bridgehead atoms. The Hall–Kier alpha value is -0.170. The molecule has 0 saturated carbocycles. The third-order valence-electron chi connectivity index (χ3n) is 6.24. The Balaban J connectivity index is 3.44. The summed E-state index contributed by atoms with van der Waals surface area (Å²) in [5.74, 6) is -0.577. The van der Waals surface area contributed by atoms with Crippen molar-refractivity contribution in [2.75, 3.05) is 25.4 Å². The lowest BCUT2D eigenvalue weighted by Crippen LogP contribution is -2.37. The highest BCUT2D eigenvalue weighted by Gasteiger charge is 2.17. The van der Waals surface area contributed by atoms with Gasteiger partial charge in [-0.2, -0.15) is 8.42 Å². The second-order valence-electron chi connectivity index (χ2n) is 9.71. The Morgan fingerprint density at radius 3 is 1.31 bits per heavy atom. The minimum atomic E-state index is -4.11. The van der Waals surface area contributed by atoms with E-state index in [1.54, 1.807) is 0 Å². The third kappa shape index (κ3) is 24.5. The molecule has 0 spiro atoms. The van der Waals surface area contributed by atoms with Gasteiger partial charge in [0.1, 0.15) is 5.75 Å². The molecule has 0 aromatic heterocycles. The molecule has 0 aliphatic carbocycles. The van der Waals surface area contributed by atoms with E-state index in [0.29, 0.717) is 6.54 Å². The Bertz CT molecular complexity index is 484. The van der Waals surface area contributed by atoms with Gasteiger partial charge in [0.15, 0.2) is 0 Å². The monoisotopic (exact) mass is 477 g/mol. The van der Waals surface area contributed by atoms with Crippen LogP contribution in [0.5, 0.6) is 0 Å². The molecular weight excluding hydrogens is 422 g/mol. The molecule has 1 unspecified atom stereocenters. The van der Waals surface area contributed by atoms with Gasteiger partial charge in [-0.1, -0.05) is 123 Å². The minimum Gasteiger partial charge on any atom is -0.391 e. The molecule has 1 atom stereocenters. The van der Waals surface area contributed by atoms with E-state index in [-0.39, 0.29) is 0 Å². The lowest BCUT2D eigenvalue weighted by atomic mass is 10.0. The first kappa shape index (κ1) is 31.8. The van der Waals surface area contributed by atoms with Crippen LogP contribution in [0, 0.1) is 0 Å². The van der Waals surface area contributed by atoms with Crippen molar-refractivity contribution in [2.45, 2.75) is 142 Å². The molecule has 32 heavy (non-hydrogen) atoms. The number of nitrogens with zero attached hydrogens (tertiary/aromatic N) is 1. The molecule has 0 heterocycles. The van der Waals surface area contributed by atoms with Crippen LogP contribution in [0.15, 0.2) is 0 Å². The molecule has 194 valence electrons. The zero-order valence-electron chi connectivity index (χ0n) is 21.4. The van der Waals surface area contributed by atoms with E-state index in [0.717, 1.165) is 25.9 Å². The Morgan fingerprint density at radius 1 is 0.594 bits per heavy atom. The van der Waals surface area contributed by atoms with Gasteiger partial charge in [0.2, 0.25) is 0 Å². The number of aliphatic hydroxyl groups excluding tert-OH is 1. The zero-order chi connectivity index (χ0) is 23.9. The van der Waals surface area contributed by atoms with Crippen molar-refractivity contribution in [3.63, 3.8) is 0 Å². The van der Waals surface area contributed by atoms with E-state index >= 15 is 0 Å². The SMILES string of the molecule is CCCCCCCCCCCCCCCCCCCCN(CCC)CC(O)CS(=O)(=O)O. The van der Waals surface area contributed by atoms with Crippen LogP contribution in [0.2, 0.25) is 0 Å². The average molecular weight is 478 g/mol. The first-order valence-electron chi connectivity index (χ1n) is 13.7. The summed E-state index contributed by atoms with van der Waals surface area (Å²) < 4.78 is 30.6. The second kappa shape index (κ2) is 22.6. The van der Waals surface area contributed by atoms with Crippen LogP contribution in [-0.2, 0) is 10.1 Å². The van der Waals surface area contributed by atoms with Gasteiger partial charge in [-0.05, 0) is 25.9 Å². The third-order valence-corrected chi connectivity index (χ3v) is 7.05. The van der Waals surface area contributed by atoms with Crippen LogP contribution in [0.4, 0.5) is 0 Å². The molecule has 2 N–H and O–H groups in total. The van der Waals surface area contributed by atoms with E-state index < -0.39 is 22.0 Å². The Morgan fingerprint density at radius 2 is 0.969 bits per heavy atom. The maximum atomic E-state index is 10.9. The van der Waals surface area contributed by atoms with Crippen molar-refractivity contribution in [1.82, 2.24) is 4.90 Å². The molecule has 0 rings (SSSR count). The van der Waals surface area contributed by atoms with Crippen LogP contribution in [0.25, 0.3) is 0 Å². The van der Waals surface area contributed by atoms with Crippen molar-refractivity contribution in [2.24, 2.45) is 0 Å². The summed E-state index contributed by atoms with van der Waals surface area (Å²) in [7, 11) is -4.11. The van der Waals surface area contributed by atoms with Crippen molar-refractivity contribution >= 4 is 10.1 Å². The van der Waals surface area contributed by atoms with Gasteiger partial charge in [0.25, 0.3) is 10.1 Å². The number of unbranched alkanes of at least 4 members (excludes halogenated alkanes) is 17. The molecule has 0 amide bonds. The molecule has 0 aromatic carbocycles. The minimum absolute atomic E-state index is 0.312. The summed E-state index contributed by atoms with van der Waals surface area (Å²) in [4.78, 5) is 2.11. The van der Waals surface area contributed by atoms with Crippen molar-refractivity contribution < 1.29 is 18.1 Å². The molecule has 6 heteroatoms. The number of aliphatic hydroxyl groups is 1. The Kier molecular flexibility index (Phi) is 22.5. The highest BCUT2D eigenvalue weighted by Crippen LogP contribution is 2.14. The van der Waals surface area contributed by atoms with E-state index in [2.05, 4.69) is 18.7 Å². The number of hydrogen-bond acceptors (Lipinski definition) is 4. The summed E-state index contributed by atoms with van der Waals surface area (Å²) in [6.45, 7) is 6.40. The highest BCUT2D eigenvalue weighted by molar-refractivity contribution is 7.85. The predicted octanol–water partition coefficient (Wildman–Crippen LogP) is 6.99. The summed E-state index contributed by atoms with van der Waals surface area (Å²) in [6, 6.07) is 0. The summed E-state index contributed by atoms with van der Waals surface area (Å²) >= 11 is 0. The molecule has 0 radical (unpaired) electrons. The highest BCUT2D eigenvalue weighted by atomic mass is 32.2. The van der Waals surface area contributed by atoms with Gasteiger partial charge < -0.3 is 10.0 Å². The van der Waals surface area contributed by atoms with Crippen molar-refractivity contribution in [3.05, 3.63) is 0 Å². The molecule has 5 nitrogen and oxygen atoms in total. The van der Waals surface area contributed by atoms with Gasteiger partial charge in [-0.25, -0.2) is 0 Å². The van der Waals surface area contributed by atoms with E-state index in [1.165, 1.54) is 109 Å². The first-order chi connectivity index (χ1) is 15.4. The zero-order valence-corrected chi connectivity index (χ0v) is 22.2. The maximum Gasteiger partial charge on any atom is 0.267 e. The van der Waals surface area contributed by atoms with Crippen LogP contribution in [0.1, 0.15) is 136 Å². The summed E-state index contributed by atoms with van der Waals surface area (Å²) in [6.07, 6.45) is 24.4. The molecule has 0 aromatic rings. The lowest BCUT2D eigenvalue weighted by Gasteiger charge is -2.24. The van der Waals surface area contributed by atoms with Gasteiger partial charge in [0, 0.05) is 6.54 Å². The normalized spacial score (nSPS) is 13.2. The standard InChI is InChI=1S/C26H55NO4S/c1-3-5-6-7-8-9-10-11-12-13-14-15-16-17-18-19-20-21-23-27(22-4-2)24-26(28)25-32(29,30)31/h26,28H,3-25H2,1-2H3,(H,29,30,31). The van der Waals surface area contributed by atoms with E-state index in [9.17, 15) is 13.5 Å². The summed E-state index contributed by atoms with van der Waals surface area (Å²) in [5, 5.41) is 9.85. The lowest BCUT2D eigenvalue weighted by molar-refractivity contribution is 0.126. The predicted molar refractivity (Wildman–Crippen MR) is 138 cm³/mol. The second-order valence-corrected chi connectivity index (χ2v) is 11.2. The van der Waals surface area contributed by atoms with Gasteiger partial charge in [-0.15, -0.1) is 0 Å². The van der Waals surface area contributed by atoms with Crippen LogP contribution >= 0.6 is 0 Å². The van der Waals surface area contributed by atoms with Gasteiger partial charge in [-0.3, -0.25) is 4.55 Å². The molecule has 0 fully saturated rings. The van der Waals surface area contributed by atoms with E-state index in [1.807, 2.05) is 0 Å². The van der Waals surface area contributed by atoms with Crippen LogP contribution < -0.4 is 0 Å². The Labute approximate surface area is 200 Å². The number of rotatable bonds is 25. The molecule has 0 aliphatic heterocycles. The smallest absolute Gasteiger partial charge is 0.267 e. The fourth-order valence-electron chi connectivity index (χ4n) is 4.44. The van der Waals surface area contributed by atoms with Crippen molar-refractivity contribution in [1.29, 1.82) is 0 Å². The quantitative estimate of drug-likeness (QED) is 0.109. The number of hydrogen-bond donors (Lipinski definition) is 2. The molecule has 0 saturated heterocycles. The van der Waals surface area contributed by atoms with Gasteiger partial charge in [0.05, 0.1) is 6.10 Å². The molecular formula is C26H55NO4S. The summed E-state index contributed by atoms with van der Waals surface area (Å²) in [5.41, 5.74) is 0. The molecule has 0 aliphatic rings. The fraction of sp³-hybridized carbons (Fsp3) is 1.00. The van der Waals surface area contributed by atoms with Gasteiger partial charge >= 0.3 is 0 Å². The topological polar surface area (TPSA) is 77.8 Å². The average Bonchev–Trinajstić information content (AvgIpc) is 2.71. The maximum absolute atomic E-state index is 10.9. The largest absolute Gasteiger partial charge is 0.391 e. The van der Waals surface area contributed by atoms with Crippen molar-refractivity contribution in [3.8, 4) is 0 Å². The van der Waals surface area contributed by atoms with E-state index in [4.69, 9.17) is 4.55 Å². The first-order valence-corrected chi connectivity index (χ1v) is 15.4. The van der Waals surface area contributed by atoms with Crippen LogP contribution in [-0.4, -0.2) is 54.5 Å². The fourth-order valence-corrected chi connectivity index (χ4v) is 5.03.